The van der Waals surface area contributed by atoms with Crippen molar-refractivity contribution in [1.29, 1.82) is 0 Å². The molecule has 5 nitrogen and oxygen atoms in total. The van der Waals surface area contributed by atoms with Gasteiger partial charge in [-0.25, -0.2) is 0 Å². The van der Waals surface area contributed by atoms with E-state index in [9.17, 15) is 15.0 Å². The molecule has 1 saturated heterocycles. The van der Waals surface area contributed by atoms with Gasteiger partial charge in [-0.3, -0.25) is 4.79 Å². The zero-order valence-electron chi connectivity index (χ0n) is 9.59. The largest absolute Gasteiger partial charge is 0.508 e. The Morgan fingerprint density at radius 2 is 2.00 bits per heavy atom. The molecule has 2 N–H and O–H groups in total. The number of phenolic OH excluding ortho intramolecular Hbond substituents is 2. The lowest BCUT2D eigenvalue weighted by atomic mass is 10.1. The number of hydrogen-bond donors (Lipinski definition) is 2. The first-order chi connectivity index (χ1) is 8.06. The molecule has 1 atom stereocenters. The molecule has 0 aliphatic carbocycles. The van der Waals surface area contributed by atoms with Crippen molar-refractivity contribution in [2.75, 3.05) is 19.7 Å². The summed E-state index contributed by atoms with van der Waals surface area (Å²) < 4.78 is 5.35. The fourth-order valence-corrected chi connectivity index (χ4v) is 1.90. The highest BCUT2D eigenvalue weighted by molar-refractivity contribution is 5.95. The Labute approximate surface area is 99.2 Å². The molecule has 0 saturated carbocycles. The summed E-state index contributed by atoms with van der Waals surface area (Å²) >= 11 is 0. The van der Waals surface area contributed by atoms with Crippen molar-refractivity contribution in [2.45, 2.75) is 13.0 Å². The first-order valence-corrected chi connectivity index (χ1v) is 5.50. The smallest absolute Gasteiger partial charge is 0.254 e. The highest BCUT2D eigenvalue weighted by atomic mass is 16.5. The van der Waals surface area contributed by atoms with Gasteiger partial charge in [0.1, 0.15) is 11.5 Å². The van der Waals surface area contributed by atoms with E-state index in [-0.39, 0.29) is 29.1 Å². The second-order valence-corrected chi connectivity index (χ2v) is 4.17. The summed E-state index contributed by atoms with van der Waals surface area (Å²) in [5, 5.41) is 18.7. The molecule has 5 heteroatoms. The van der Waals surface area contributed by atoms with Crippen molar-refractivity contribution in [3.8, 4) is 11.5 Å². The molecule has 0 spiro atoms. The summed E-state index contributed by atoms with van der Waals surface area (Å²) in [5.41, 5.74) is 0.289. The van der Waals surface area contributed by atoms with E-state index in [4.69, 9.17) is 4.74 Å². The zero-order valence-corrected chi connectivity index (χ0v) is 9.59. The molecule has 1 unspecified atom stereocenters. The van der Waals surface area contributed by atoms with Crippen LogP contribution in [0.2, 0.25) is 0 Å². The van der Waals surface area contributed by atoms with Crippen LogP contribution in [-0.2, 0) is 4.74 Å². The summed E-state index contributed by atoms with van der Waals surface area (Å²) in [6.45, 7) is 3.46. The fourth-order valence-electron chi connectivity index (χ4n) is 1.90. The standard InChI is InChI=1S/C12H15NO4/c1-8-7-13(2-3-17-8)12(16)9-4-10(14)6-11(15)5-9/h4-6,8,14-15H,2-3,7H2,1H3. The molecule has 1 amide bonds. The maximum atomic E-state index is 12.1. The number of amides is 1. The van der Waals surface area contributed by atoms with Gasteiger partial charge in [0.2, 0.25) is 0 Å². The number of ether oxygens (including phenoxy) is 1. The lowest BCUT2D eigenvalue weighted by molar-refractivity contribution is -0.0124. The van der Waals surface area contributed by atoms with Crippen molar-refractivity contribution in [3.63, 3.8) is 0 Å². The highest BCUT2D eigenvalue weighted by Gasteiger charge is 2.22. The van der Waals surface area contributed by atoms with Crippen LogP contribution in [0.4, 0.5) is 0 Å². The summed E-state index contributed by atoms with van der Waals surface area (Å²) in [5.74, 6) is -0.435. The quantitative estimate of drug-likeness (QED) is 0.763. The average Bonchev–Trinajstić information content (AvgIpc) is 2.26. The van der Waals surface area contributed by atoms with E-state index in [1.165, 1.54) is 18.2 Å². The normalized spacial score (nSPS) is 20.3. The van der Waals surface area contributed by atoms with E-state index in [1.807, 2.05) is 6.92 Å². The minimum atomic E-state index is -0.202. The molecule has 1 heterocycles. The van der Waals surface area contributed by atoms with Gasteiger partial charge in [-0.15, -0.1) is 0 Å². The second kappa shape index (κ2) is 4.63. The van der Waals surface area contributed by atoms with Gasteiger partial charge >= 0.3 is 0 Å². The van der Waals surface area contributed by atoms with Crippen LogP contribution in [0, 0.1) is 0 Å². The van der Waals surface area contributed by atoms with Crippen molar-refractivity contribution >= 4 is 5.91 Å². The van der Waals surface area contributed by atoms with Gasteiger partial charge < -0.3 is 19.8 Å². The van der Waals surface area contributed by atoms with Gasteiger partial charge in [0.15, 0.2) is 0 Å². The van der Waals surface area contributed by atoms with Crippen LogP contribution in [0.1, 0.15) is 17.3 Å². The predicted octanol–water partition coefficient (Wildman–Crippen LogP) is 0.959. The number of hydrogen-bond acceptors (Lipinski definition) is 4. The van der Waals surface area contributed by atoms with Crippen molar-refractivity contribution in [2.24, 2.45) is 0 Å². The van der Waals surface area contributed by atoms with Crippen LogP contribution in [0.15, 0.2) is 18.2 Å². The van der Waals surface area contributed by atoms with Crippen LogP contribution >= 0.6 is 0 Å². The van der Waals surface area contributed by atoms with Gasteiger partial charge in [0.05, 0.1) is 12.7 Å². The molecule has 1 aromatic rings. The highest BCUT2D eigenvalue weighted by Crippen LogP contribution is 2.22. The van der Waals surface area contributed by atoms with Crippen LogP contribution in [-0.4, -0.2) is 46.8 Å². The van der Waals surface area contributed by atoms with E-state index in [2.05, 4.69) is 0 Å². The molecule has 0 radical (unpaired) electrons. The number of morpholine rings is 1. The number of phenols is 2. The molecule has 2 rings (SSSR count). The Balaban J connectivity index is 2.18. The Kier molecular flexibility index (Phi) is 3.19. The number of aromatic hydroxyl groups is 2. The van der Waals surface area contributed by atoms with Gasteiger partial charge in [-0.2, -0.15) is 0 Å². The third-order valence-electron chi connectivity index (χ3n) is 2.68. The van der Waals surface area contributed by atoms with E-state index in [0.717, 1.165) is 0 Å². The lowest BCUT2D eigenvalue weighted by Gasteiger charge is -2.31. The van der Waals surface area contributed by atoms with Crippen LogP contribution in [0.5, 0.6) is 11.5 Å². The molecule has 17 heavy (non-hydrogen) atoms. The van der Waals surface area contributed by atoms with Crippen molar-refractivity contribution < 1.29 is 19.7 Å². The number of carbonyl (C=O) groups is 1. The SMILES string of the molecule is CC1CN(C(=O)c2cc(O)cc(O)c2)CCO1. The predicted molar refractivity (Wildman–Crippen MR) is 61.1 cm³/mol. The molecule has 1 aliphatic rings. The van der Waals surface area contributed by atoms with E-state index >= 15 is 0 Å². The molecular weight excluding hydrogens is 222 g/mol. The number of benzene rings is 1. The van der Waals surface area contributed by atoms with Gasteiger partial charge in [0, 0.05) is 24.7 Å². The molecule has 0 bridgehead atoms. The minimum Gasteiger partial charge on any atom is -0.508 e. The molecule has 1 aromatic carbocycles. The molecule has 1 aliphatic heterocycles. The number of nitrogens with zero attached hydrogens (tertiary/aromatic N) is 1. The fraction of sp³-hybridized carbons (Fsp3) is 0.417. The van der Waals surface area contributed by atoms with E-state index in [1.54, 1.807) is 4.90 Å². The molecular formula is C12H15NO4. The third-order valence-corrected chi connectivity index (χ3v) is 2.68. The number of carbonyl (C=O) groups excluding carboxylic acids is 1. The number of rotatable bonds is 1. The zero-order chi connectivity index (χ0) is 12.4. The third kappa shape index (κ3) is 2.68. The summed E-state index contributed by atoms with van der Waals surface area (Å²) in [6.07, 6.45) is 0.0126. The Hall–Kier alpha value is -1.75. The lowest BCUT2D eigenvalue weighted by Crippen LogP contribution is -2.44. The first-order valence-electron chi connectivity index (χ1n) is 5.50. The minimum absolute atomic E-state index is 0.0126. The summed E-state index contributed by atoms with van der Waals surface area (Å²) in [6, 6.07) is 3.89. The van der Waals surface area contributed by atoms with Gasteiger partial charge in [-0.05, 0) is 19.1 Å². The van der Waals surface area contributed by atoms with Gasteiger partial charge in [0.25, 0.3) is 5.91 Å². The monoisotopic (exact) mass is 237 g/mol. The molecule has 0 aromatic heterocycles. The van der Waals surface area contributed by atoms with Crippen LogP contribution < -0.4 is 0 Å². The molecule has 1 fully saturated rings. The van der Waals surface area contributed by atoms with Crippen molar-refractivity contribution in [1.82, 2.24) is 4.90 Å². The van der Waals surface area contributed by atoms with Crippen molar-refractivity contribution in [3.05, 3.63) is 23.8 Å². The van der Waals surface area contributed by atoms with Crippen LogP contribution in [0.3, 0.4) is 0 Å². The summed E-state index contributed by atoms with van der Waals surface area (Å²) in [7, 11) is 0. The maximum Gasteiger partial charge on any atom is 0.254 e. The Morgan fingerprint density at radius 1 is 1.35 bits per heavy atom. The van der Waals surface area contributed by atoms with E-state index in [0.29, 0.717) is 19.7 Å². The topological polar surface area (TPSA) is 70.0 Å². The average molecular weight is 237 g/mol. The van der Waals surface area contributed by atoms with Crippen LogP contribution in [0.25, 0.3) is 0 Å². The van der Waals surface area contributed by atoms with E-state index < -0.39 is 0 Å². The summed E-state index contributed by atoms with van der Waals surface area (Å²) in [4.78, 5) is 13.8. The second-order valence-electron chi connectivity index (χ2n) is 4.17. The van der Waals surface area contributed by atoms with Gasteiger partial charge in [-0.1, -0.05) is 0 Å². The Bertz CT molecular complexity index is 412. The molecule has 92 valence electrons. The maximum absolute atomic E-state index is 12.1. The first kappa shape index (κ1) is 11.7. The Morgan fingerprint density at radius 3 is 2.59 bits per heavy atom.